The number of carbonyl (C=O) groups is 2. The number of aromatic nitrogens is 2. The van der Waals surface area contributed by atoms with Crippen LogP contribution in [0, 0.1) is 5.92 Å². The van der Waals surface area contributed by atoms with Crippen molar-refractivity contribution >= 4 is 29.0 Å². The van der Waals surface area contributed by atoms with Crippen molar-refractivity contribution in [2.24, 2.45) is 5.92 Å². The molecule has 2 amide bonds. The number of hydrogen-bond donors (Lipinski definition) is 2. The average Bonchev–Trinajstić information content (AvgIpc) is 3.25. The molecule has 10 nitrogen and oxygen atoms in total. The molecule has 1 atom stereocenters. The molecule has 10 heteroatoms. The first-order chi connectivity index (χ1) is 16.8. The molecule has 1 aromatic heterocycles. The van der Waals surface area contributed by atoms with Crippen molar-refractivity contribution in [2.45, 2.75) is 19.9 Å². The Morgan fingerprint density at radius 2 is 1.80 bits per heavy atom. The summed E-state index contributed by atoms with van der Waals surface area (Å²) in [5.74, 6) is -0.917. The Balaban J connectivity index is 1.65. The van der Waals surface area contributed by atoms with Crippen LogP contribution in [0.2, 0.25) is 0 Å². The van der Waals surface area contributed by atoms with E-state index in [0.717, 1.165) is 5.56 Å². The first-order valence-electron chi connectivity index (χ1n) is 11.3. The minimum atomic E-state index is -0.752. The van der Waals surface area contributed by atoms with Gasteiger partial charge in [0.25, 0.3) is 5.56 Å². The van der Waals surface area contributed by atoms with E-state index in [1.165, 1.54) is 21.5 Å². The number of para-hydroxylation sites is 2. The number of amides is 2. The maximum absolute atomic E-state index is 13.5. The minimum Gasteiger partial charge on any atom is -0.495 e. The van der Waals surface area contributed by atoms with Crippen LogP contribution >= 0.6 is 0 Å². The van der Waals surface area contributed by atoms with E-state index in [1.807, 2.05) is 30.3 Å². The monoisotopic (exact) mass is 477 g/mol. The van der Waals surface area contributed by atoms with Gasteiger partial charge in [0.05, 0.1) is 25.3 Å². The molecule has 0 saturated carbocycles. The molecule has 3 aromatic rings. The lowest BCUT2D eigenvalue weighted by atomic mass is 10.1. The summed E-state index contributed by atoms with van der Waals surface area (Å²) < 4.78 is 6.59. The second-order valence-electron chi connectivity index (χ2n) is 8.22. The van der Waals surface area contributed by atoms with Crippen molar-refractivity contribution in [2.75, 3.05) is 35.7 Å². The van der Waals surface area contributed by atoms with Gasteiger partial charge in [-0.2, -0.15) is 0 Å². The van der Waals surface area contributed by atoms with Gasteiger partial charge in [0, 0.05) is 19.5 Å². The van der Waals surface area contributed by atoms with E-state index in [1.54, 1.807) is 31.2 Å². The third-order valence-electron chi connectivity index (χ3n) is 6.10. The Bertz CT molecular complexity index is 1360. The van der Waals surface area contributed by atoms with Gasteiger partial charge in [-0.25, -0.2) is 4.79 Å². The fraction of sp³-hybridized carbons (Fsp3) is 0.280. The number of nitrogen functional groups attached to an aromatic ring is 1. The molecule has 0 radical (unpaired) electrons. The van der Waals surface area contributed by atoms with E-state index in [0.29, 0.717) is 11.4 Å². The Morgan fingerprint density at radius 3 is 2.49 bits per heavy atom. The number of carbonyl (C=O) groups excluding carboxylic acids is 2. The molecule has 4 rings (SSSR count). The molecule has 1 fully saturated rings. The maximum Gasteiger partial charge on any atom is 0.330 e. The second-order valence-corrected chi connectivity index (χ2v) is 8.22. The molecular weight excluding hydrogens is 450 g/mol. The van der Waals surface area contributed by atoms with Gasteiger partial charge in [-0.15, -0.1) is 0 Å². The van der Waals surface area contributed by atoms with E-state index in [9.17, 15) is 19.2 Å². The summed E-state index contributed by atoms with van der Waals surface area (Å²) in [4.78, 5) is 56.7. The molecule has 3 N–H and O–H groups in total. The van der Waals surface area contributed by atoms with E-state index < -0.39 is 23.1 Å². The topological polar surface area (TPSA) is 131 Å². The summed E-state index contributed by atoms with van der Waals surface area (Å²) in [5.41, 5.74) is 6.15. The molecule has 35 heavy (non-hydrogen) atoms. The summed E-state index contributed by atoms with van der Waals surface area (Å²) in [7, 11) is 1.51. The van der Waals surface area contributed by atoms with Crippen LogP contribution in [0.15, 0.2) is 64.2 Å². The number of nitrogens with one attached hydrogen (secondary N) is 1. The number of methoxy groups -OCH3 is 1. The quantitative estimate of drug-likeness (QED) is 0.531. The number of hydrogen-bond acceptors (Lipinski definition) is 6. The summed E-state index contributed by atoms with van der Waals surface area (Å²) >= 11 is 0. The van der Waals surface area contributed by atoms with Gasteiger partial charge in [-0.05, 0) is 24.6 Å². The van der Waals surface area contributed by atoms with Crippen LogP contribution in [-0.2, 0) is 16.1 Å². The molecule has 0 spiro atoms. The van der Waals surface area contributed by atoms with Crippen molar-refractivity contribution in [3.8, 4) is 5.75 Å². The van der Waals surface area contributed by atoms with Crippen molar-refractivity contribution in [3.05, 3.63) is 81.0 Å². The minimum absolute atomic E-state index is 0.0190. The van der Waals surface area contributed by atoms with Crippen LogP contribution in [0.4, 0.5) is 17.2 Å². The molecule has 1 unspecified atom stereocenters. The molecule has 1 aliphatic heterocycles. The second kappa shape index (κ2) is 9.88. The number of H-pyrrole nitrogens is 1. The lowest BCUT2D eigenvalue weighted by Gasteiger charge is -2.26. The largest absolute Gasteiger partial charge is 0.495 e. The van der Waals surface area contributed by atoms with Crippen molar-refractivity contribution < 1.29 is 14.3 Å². The van der Waals surface area contributed by atoms with Gasteiger partial charge >= 0.3 is 5.69 Å². The molecule has 2 aromatic carbocycles. The van der Waals surface area contributed by atoms with Gasteiger partial charge in [0.1, 0.15) is 11.6 Å². The Labute approximate surface area is 201 Å². The van der Waals surface area contributed by atoms with Crippen molar-refractivity contribution in [1.29, 1.82) is 0 Å². The molecular formula is C25H27N5O5. The number of ether oxygens (including phenoxy) is 1. The number of nitrogens with zero attached hydrogens (tertiary/aromatic N) is 3. The molecule has 0 bridgehead atoms. The standard InChI is InChI=1S/C25H27N5O5/c1-3-28(21-22(26)30(25(34)27-23(21)32)14-16-9-5-4-6-10-16)24(33)17-13-20(31)29(15-17)18-11-7-8-12-19(18)35-2/h4-12,17H,3,13-15,26H2,1-2H3,(H,27,32,34). The fourth-order valence-corrected chi connectivity index (χ4v) is 4.36. The zero-order chi connectivity index (χ0) is 25.1. The first-order valence-corrected chi connectivity index (χ1v) is 11.3. The highest BCUT2D eigenvalue weighted by molar-refractivity contribution is 6.05. The Morgan fingerprint density at radius 1 is 1.11 bits per heavy atom. The number of benzene rings is 2. The average molecular weight is 478 g/mol. The Hall–Kier alpha value is -4.34. The van der Waals surface area contributed by atoms with E-state index in [-0.39, 0.29) is 43.5 Å². The van der Waals surface area contributed by atoms with E-state index in [2.05, 4.69) is 4.98 Å². The van der Waals surface area contributed by atoms with E-state index >= 15 is 0 Å². The molecule has 1 aliphatic rings. The third-order valence-corrected chi connectivity index (χ3v) is 6.10. The smallest absolute Gasteiger partial charge is 0.330 e. The molecule has 2 heterocycles. The number of nitrogens with two attached hydrogens (primary N) is 1. The molecule has 1 saturated heterocycles. The van der Waals surface area contributed by atoms with Gasteiger partial charge in [-0.3, -0.25) is 23.9 Å². The molecule has 0 aliphatic carbocycles. The van der Waals surface area contributed by atoms with Crippen LogP contribution in [0.1, 0.15) is 18.9 Å². The van der Waals surface area contributed by atoms with Crippen LogP contribution in [-0.4, -0.2) is 41.6 Å². The van der Waals surface area contributed by atoms with Crippen molar-refractivity contribution in [1.82, 2.24) is 9.55 Å². The Kier molecular flexibility index (Phi) is 6.72. The normalized spacial score (nSPS) is 15.3. The predicted molar refractivity (Wildman–Crippen MR) is 133 cm³/mol. The van der Waals surface area contributed by atoms with Crippen LogP contribution in [0.3, 0.4) is 0 Å². The highest BCUT2D eigenvalue weighted by Gasteiger charge is 2.39. The zero-order valence-electron chi connectivity index (χ0n) is 19.6. The third kappa shape index (κ3) is 4.54. The van der Waals surface area contributed by atoms with Crippen LogP contribution < -0.4 is 31.5 Å². The van der Waals surface area contributed by atoms with Gasteiger partial charge in [0.15, 0.2) is 5.69 Å². The predicted octanol–water partition coefficient (Wildman–Crippen LogP) is 1.58. The number of anilines is 3. The summed E-state index contributed by atoms with van der Waals surface area (Å²) in [6.45, 7) is 2.10. The molecule has 182 valence electrons. The van der Waals surface area contributed by atoms with E-state index in [4.69, 9.17) is 10.5 Å². The van der Waals surface area contributed by atoms with Gasteiger partial charge in [0.2, 0.25) is 11.8 Å². The fourth-order valence-electron chi connectivity index (χ4n) is 4.36. The highest BCUT2D eigenvalue weighted by atomic mass is 16.5. The number of rotatable bonds is 7. The van der Waals surface area contributed by atoms with Gasteiger partial charge in [-0.1, -0.05) is 42.5 Å². The lowest BCUT2D eigenvalue weighted by Crippen LogP contribution is -2.44. The summed E-state index contributed by atoms with van der Waals surface area (Å²) in [6, 6.07) is 16.2. The maximum atomic E-state index is 13.5. The summed E-state index contributed by atoms with van der Waals surface area (Å²) in [5, 5.41) is 0. The van der Waals surface area contributed by atoms with Crippen LogP contribution in [0.5, 0.6) is 5.75 Å². The zero-order valence-corrected chi connectivity index (χ0v) is 19.6. The van der Waals surface area contributed by atoms with Gasteiger partial charge < -0.3 is 20.3 Å². The van der Waals surface area contributed by atoms with Crippen molar-refractivity contribution in [3.63, 3.8) is 0 Å². The number of aromatic amines is 1. The first kappa shape index (κ1) is 23.8. The summed E-state index contributed by atoms with van der Waals surface area (Å²) in [6.07, 6.45) is -0.0190. The lowest BCUT2D eigenvalue weighted by molar-refractivity contribution is -0.124. The van der Waals surface area contributed by atoms with Crippen LogP contribution in [0.25, 0.3) is 0 Å². The highest BCUT2D eigenvalue weighted by Crippen LogP contribution is 2.34. The SMILES string of the molecule is CCN(C(=O)C1CC(=O)N(c2ccccc2OC)C1)c1c(N)n(Cc2ccccc2)c(=O)[nH]c1=O.